The first-order valence-electron chi connectivity index (χ1n) is 4.99. The SMILES string of the molecule is Cc1[nH]c(=O)n(-c2ccccc2C(F)(F)F)c1O. The quantitative estimate of drug-likeness (QED) is 0.823. The molecule has 0 aliphatic heterocycles. The molecule has 2 N–H and O–H groups in total. The lowest BCUT2D eigenvalue weighted by Gasteiger charge is -2.12. The summed E-state index contributed by atoms with van der Waals surface area (Å²) in [5, 5.41) is 9.63. The molecule has 0 radical (unpaired) electrons. The highest BCUT2D eigenvalue weighted by Crippen LogP contribution is 2.34. The molecule has 0 unspecified atom stereocenters. The number of imidazole rings is 1. The van der Waals surface area contributed by atoms with Crippen LogP contribution in [0, 0.1) is 6.92 Å². The molecule has 0 bridgehead atoms. The first kappa shape index (κ1) is 12.3. The van der Waals surface area contributed by atoms with E-state index in [9.17, 15) is 23.1 Å². The summed E-state index contributed by atoms with van der Waals surface area (Å²) in [5.74, 6) is -0.531. The van der Waals surface area contributed by atoms with Crippen LogP contribution in [0.5, 0.6) is 5.88 Å². The van der Waals surface area contributed by atoms with Gasteiger partial charge in [0.15, 0.2) is 0 Å². The third kappa shape index (κ3) is 1.87. The predicted octanol–water partition coefficient (Wildman–Crippen LogP) is 2.20. The average molecular weight is 258 g/mol. The van der Waals surface area contributed by atoms with Crippen LogP contribution in [0.3, 0.4) is 0 Å². The Labute approximate surface area is 99.3 Å². The predicted molar refractivity (Wildman–Crippen MR) is 57.8 cm³/mol. The number of aromatic hydroxyl groups is 1. The van der Waals surface area contributed by atoms with E-state index in [0.29, 0.717) is 4.57 Å². The van der Waals surface area contributed by atoms with Crippen molar-refractivity contribution in [2.45, 2.75) is 13.1 Å². The molecule has 0 spiro atoms. The van der Waals surface area contributed by atoms with Gasteiger partial charge in [0, 0.05) is 0 Å². The fraction of sp³-hybridized carbons (Fsp3) is 0.182. The Balaban J connectivity index is 2.76. The highest BCUT2D eigenvalue weighted by molar-refractivity contribution is 5.45. The summed E-state index contributed by atoms with van der Waals surface area (Å²) in [7, 11) is 0. The second-order valence-corrected chi connectivity index (χ2v) is 3.73. The lowest BCUT2D eigenvalue weighted by molar-refractivity contribution is -0.137. The average Bonchev–Trinajstić information content (AvgIpc) is 2.52. The summed E-state index contributed by atoms with van der Waals surface area (Å²) < 4.78 is 39.0. The molecule has 1 aromatic carbocycles. The Morgan fingerprint density at radius 3 is 2.39 bits per heavy atom. The zero-order valence-electron chi connectivity index (χ0n) is 9.25. The Hall–Kier alpha value is -2.18. The van der Waals surface area contributed by atoms with Gasteiger partial charge in [-0.3, -0.25) is 0 Å². The van der Waals surface area contributed by atoms with Gasteiger partial charge in [-0.2, -0.15) is 13.2 Å². The van der Waals surface area contributed by atoms with Crippen LogP contribution in [0.25, 0.3) is 5.69 Å². The normalized spacial score (nSPS) is 11.8. The lowest BCUT2D eigenvalue weighted by atomic mass is 10.1. The number of H-pyrrole nitrogens is 1. The van der Waals surface area contributed by atoms with Gasteiger partial charge in [0.1, 0.15) is 0 Å². The van der Waals surface area contributed by atoms with Gasteiger partial charge in [-0.1, -0.05) is 12.1 Å². The monoisotopic (exact) mass is 258 g/mol. The van der Waals surface area contributed by atoms with E-state index in [1.807, 2.05) is 0 Å². The molecule has 4 nitrogen and oxygen atoms in total. The third-order valence-corrected chi connectivity index (χ3v) is 2.50. The van der Waals surface area contributed by atoms with Gasteiger partial charge in [0.05, 0.1) is 16.9 Å². The number of aryl methyl sites for hydroxylation is 1. The topological polar surface area (TPSA) is 58.0 Å². The van der Waals surface area contributed by atoms with Gasteiger partial charge in [0.2, 0.25) is 5.88 Å². The maximum absolute atomic E-state index is 12.8. The van der Waals surface area contributed by atoms with Crippen molar-refractivity contribution in [3.05, 3.63) is 46.0 Å². The molecule has 0 aliphatic carbocycles. The number of alkyl halides is 3. The van der Waals surface area contributed by atoms with E-state index in [-0.39, 0.29) is 5.69 Å². The zero-order valence-corrected chi connectivity index (χ0v) is 9.25. The van der Waals surface area contributed by atoms with Crippen LogP contribution < -0.4 is 5.69 Å². The van der Waals surface area contributed by atoms with E-state index in [2.05, 4.69) is 4.98 Å². The van der Waals surface area contributed by atoms with Crippen LogP contribution in [0.2, 0.25) is 0 Å². The number of aromatic amines is 1. The highest BCUT2D eigenvalue weighted by Gasteiger charge is 2.34. The Morgan fingerprint density at radius 2 is 1.89 bits per heavy atom. The zero-order chi connectivity index (χ0) is 13.5. The number of hydrogen-bond donors (Lipinski definition) is 2. The Bertz CT molecular complexity index is 640. The van der Waals surface area contributed by atoms with E-state index < -0.39 is 29.0 Å². The lowest BCUT2D eigenvalue weighted by Crippen LogP contribution is -2.19. The molecule has 18 heavy (non-hydrogen) atoms. The second-order valence-electron chi connectivity index (χ2n) is 3.73. The van der Waals surface area contributed by atoms with Crippen LogP contribution in [-0.4, -0.2) is 14.7 Å². The molecule has 0 fully saturated rings. The number of halogens is 3. The van der Waals surface area contributed by atoms with Crippen LogP contribution in [0.1, 0.15) is 11.3 Å². The summed E-state index contributed by atoms with van der Waals surface area (Å²) >= 11 is 0. The standard InChI is InChI=1S/C11H9F3N2O2/c1-6-9(17)16(10(18)15-6)8-5-3-2-4-7(8)11(12,13)14/h2-5,17H,1H3,(H,15,18). The minimum Gasteiger partial charge on any atom is -0.493 e. The van der Waals surface area contributed by atoms with Crippen molar-refractivity contribution < 1.29 is 18.3 Å². The summed E-state index contributed by atoms with van der Waals surface area (Å²) in [4.78, 5) is 13.8. The van der Waals surface area contributed by atoms with Crippen LogP contribution in [0.4, 0.5) is 13.2 Å². The van der Waals surface area contributed by atoms with Crippen molar-refractivity contribution in [2.24, 2.45) is 0 Å². The van der Waals surface area contributed by atoms with Crippen molar-refractivity contribution in [1.82, 2.24) is 9.55 Å². The van der Waals surface area contributed by atoms with Gasteiger partial charge in [0.25, 0.3) is 0 Å². The minimum atomic E-state index is -4.60. The smallest absolute Gasteiger partial charge is 0.418 e. The van der Waals surface area contributed by atoms with Gasteiger partial charge in [-0.05, 0) is 19.1 Å². The summed E-state index contributed by atoms with van der Waals surface area (Å²) in [6.45, 7) is 1.39. The second kappa shape index (κ2) is 3.94. The first-order valence-corrected chi connectivity index (χ1v) is 4.99. The maximum Gasteiger partial charge on any atom is 0.418 e. The third-order valence-electron chi connectivity index (χ3n) is 2.50. The van der Waals surface area contributed by atoms with Gasteiger partial charge in [-0.25, -0.2) is 9.36 Å². The fourth-order valence-electron chi connectivity index (χ4n) is 1.67. The van der Waals surface area contributed by atoms with Gasteiger partial charge < -0.3 is 10.1 Å². The number of hydrogen-bond acceptors (Lipinski definition) is 2. The Kier molecular flexibility index (Phi) is 2.68. The maximum atomic E-state index is 12.8. The van der Waals surface area contributed by atoms with Gasteiger partial charge in [-0.15, -0.1) is 0 Å². The van der Waals surface area contributed by atoms with Crippen molar-refractivity contribution in [2.75, 3.05) is 0 Å². The first-order chi connectivity index (χ1) is 8.32. The van der Waals surface area contributed by atoms with Crippen LogP contribution in [-0.2, 0) is 6.18 Å². The molecule has 0 saturated carbocycles. The number of rotatable bonds is 1. The minimum absolute atomic E-state index is 0.108. The molecule has 7 heteroatoms. The number of nitrogens with one attached hydrogen (secondary N) is 1. The molecular weight excluding hydrogens is 249 g/mol. The Morgan fingerprint density at radius 1 is 1.28 bits per heavy atom. The van der Waals surface area contributed by atoms with E-state index in [1.54, 1.807) is 0 Å². The molecule has 0 aliphatic rings. The van der Waals surface area contributed by atoms with Crippen molar-refractivity contribution in [1.29, 1.82) is 0 Å². The number of aromatic nitrogens is 2. The van der Waals surface area contributed by atoms with Gasteiger partial charge >= 0.3 is 11.9 Å². The molecule has 1 aromatic heterocycles. The fourth-order valence-corrected chi connectivity index (χ4v) is 1.67. The van der Waals surface area contributed by atoms with E-state index in [4.69, 9.17) is 0 Å². The van der Waals surface area contributed by atoms with E-state index in [1.165, 1.54) is 19.1 Å². The largest absolute Gasteiger partial charge is 0.493 e. The van der Waals surface area contributed by atoms with Crippen LogP contribution in [0.15, 0.2) is 29.1 Å². The van der Waals surface area contributed by atoms with Crippen molar-refractivity contribution in [3.63, 3.8) is 0 Å². The molecule has 96 valence electrons. The van der Waals surface area contributed by atoms with Crippen molar-refractivity contribution in [3.8, 4) is 11.6 Å². The summed E-state index contributed by atoms with van der Waals surface area (Å²) in [6.07, 6.45) is -4.60. The number of benzene rings is 1. The molecule has 1 heterocycles. The van der Waals surface area contributed by atoms with E-state index in [0.717, 1.165) is 12.1 Å². The molecule has 0 amide bonds. The van der Waals surface area contributed by atoms with Crippen molar-refractivity contribution >= 4 is 0 Å². The molecule has 0 atom stereocenters. The van der Waals surface area contributed by atoms with E-state index >= 15 is 0 Å². The summed E-state index contributed by atoms with van der Waals surface area (Å²) in [5.41, 5.74) is -2.10. The molecule has 0 saturated heterocycles. The molecule has 2 aromatic rings. The molecular formula is C11H9F3N2O2. The number of para-hydroxylation sites is 1. The summed E-state index contributed by atoms with van der Waals surface area (Å²) in [6, 6.07) is 4.55. The molecule has 2 rings (SSSR count). The van der Waals surface area contributed by atoms with Crippen LogP contribution >= 0.6 is 0 Å². The number of nitrogens with zero attached hydrogens (tertiary/aromatic N) is 1. The highest BCUT2D eigenvalue weighted by atomic mass is 19.4.